The number of halogens is 2. The molecule has 0 bridgehead atoms. The van der Waals surface area contributed by atoms with Crippen LogP contribution in [0.25, 0.3) is 0 Å². The van der Waals surface area contributed by atoms with Gasteiger partial charge in [-0.05, 0) is 29.8 Å². The van der Waals surface area contributed by atoms with E-state index in [0.717, 1.165) is 12.3 Å². The standard InChI is InChI=1S/C8H6Cl2O3S/c1-14(12,13)7-4-5(8(10)11)2-3-6(7)9/h2-4H,1H3. The molecule has 1 aromatic carbocycles. The maximum atomic E-state index is 11.2. The first-order valence-corrected chi connectivity index (χ1v) is 6.16. The third-order valence-electron chi connectivity index (χ3n) is 1.56. The molecule has 0 aliphatic heterocycles. The lowest BCUT2D eigenvalue weighted by atomic mass is 10.2. The van der Waals surface area contributed by atoms with Gasteiger partial charge in [0.05, 0.1) is 9.92 Å². The molecule has 0 radical (unpaired) electrons. The van der Waals surface area contributed by atoms with Crippen LogP contribution in [0.1, 0.15) is 10.4 Å². The summed E-state index contributed by atoms with van der Waals surface area (Å²) in [7, 11) is -3.43. The number of hydrogen-bond acceptors (Lipinski definition) is 3. The van der Waals surface area contributed by atoms with Crippen molar-refractivity contribution in [1.29, 1.82) is 0 Å². The van der Waals surface area contributed by atoms with Gasteiger partial charge in [-0.1, -0.05) is 11.6 Å². The van der Waals surface area contributed by atoms with Gasteiger partial charge in [0.15, 0.2) is 9.84 Å². The summed E-state index contributed by atoms with van der Waals surface area (Å²) in [5.74, 6) is 0. The third kappa shape index (κ3) is 2.47. The van der Waals surface area contributed by atoms with Crippen molar-refractivity contribution in [2.75, 3.05) is 6.26 Å². The molecular formula is C8H6Cl2O3S. The van der Waals surface area contributed by atoms with Crippen LogP contribution in [0.4, 0.5) is 0 Å². The molecule has 76 valence electrons. The second-order valence-corrected chi connectivity index (χ2v) is 5.43. The van der Waals surface area contributed by atoms with Crippen molar-refractivity contribution in [3.8, 4) is 0 Å². The summed E-state index contributed by atoms with van der Waals surface area (Å²) >= 11 is 10.9. The normalized spacial score (nSPS) is 11.4. The summed E-state index contributed by atoms with van der Waals surface area (Å²) < 4.78 is 22.4. The Morgan fingerprint density at radius 3 is 2.36 bits per heavy atom. The van der Waals surface area contributed by atoms with Gasteiger partial charge in [0.1, 0.15) is 0 Å². The summed E-state index contributed by atoms with van der Waals surface area (Å²) in [5, 5.41) is -0.638. The Labute approximate surface area is 91.6 Å². The molecule has 1 aromatic rings. The largest absolute Gasteiger partial charge is 0.276 e. The molecule has 0 fully saturated rings. The topological polar surface area (TPSA) is 51.2 Å². The molecule has 0 saturated heterocycles. The fraction of sp³-hybridized carbons (Fsp3) is 0.125. The van der Waals surface area contributed by atoms with E-state index in [1.807, 2.05) is 0 Å². The smallest absolute Gasteiger partial charge is 0.252 e. The lowest BCUT2D eigenvalue weighted by Crippen LogP contribution is -2.00. The molecule has 0 unspecified atom stereocenters. The average Bonchev–Trinajstić information content (AvgIpc) is 2.02. The predicted molar refractivity (Wildman–Crippen MR) is 54.7 cm³/mol. The first kappa shape index (κ1) is 11.5. The zero-order valence-electron chi connectivity index (χ0n) is 7.12. The molecule has 0 aliphatic carbocycles. The van der Waals surface area contributed by atoms with Gasteiger partial charge in [0.25, 0.3) is 5.24 Å². The molecule has 1 rings (SSSR count). The number of rotatable bonds is 2. The number of carbonyl (C=O) groups excluding carboxylic acids is 1. The lowest BCUT2D eigenvalue weighted by Gasteiger charge is -2.02. The highest BCUT2D eigenvalue weighted by molar-refractivity contribution is 7.90. The first-order valence-electron chi connectivity index (χ1n) is 3.52. The predicted octanol–water partition coefficient (Wildman–Crippen LogP) is 2.12. The molecule has 0 N–H and O–H groups in total. The van der Waals surface area contributed by atoms with Crippen molar-refractivity contribution < 1.29 is 13.2 Å². The number of benzene rings is 1. The van der Waals surface area contributed by atoms with E-state index in [-0.39, 0.29) is 15.5 Å². The quantitative estimate of drug-likeness (QED) is 0.758. The number of sulfone groups is 1. The van der Waals surface area contributed by atoms with Crippen LogP contribution in [-0.4, -0.2) is 19.9 Å². The van der Waals surface area contributed by atoms with Gasteiger partial charge in [-0.15, -0.1) is 0 Å². The Morgan fingerprint density at radius 1 is 1.36 bits per heavy atom. The van der Waals surface area contributed by atoms with Crippen LogP contribution in [0.2, 0.25) is 5.02 Å². The minimum Gasteiger partial charge on any atom is -0.276 e. The molecule has 0 spiro atoms. The fourth-order valence-corrected chi connectivity index (χ4v) is 2.33. The van der Waals surface area contributed by atoms with Gasteiger partial charge >= 0.3 is 0 Å². The fourth-order valence-electron chi connectivity index (χ4n) is 0.910. The minimum absolute atomic E-state index is 0.0779. The first-order chi connectivity index (χ1) is 6.32. The zero-order valence-corrected chi connectivity index (χ0v) is 9.45. The van der Waals surface area contributed by atoms with E-state index in [0.29, 0.717) is 0 Å². The molecular weight excluding hydrogens is 247 g/mol. The van der Waals surface area contributed by atoms with E-state index in [9.17, 15) is 13.2 Å². The van der Waals surface area contributed by atoms with Crippen LogP contribution in [0.5, 0.6) is 0 Å². The molecule has 0 aromatic heterocycles. The molecule has 0 aliphatic rings. The lowest BCUT2D eigenvalue weighted by molar-refractivity contribution is 0.108. The van der Waals surface area contributed by atoms with Gasteiger partial charge in [-0.25, -0.2) is 8.42 Å². The van der Waals surface area contributed by atoms with Crippen LogP contribution in [0, 0.1) is 0 Å². The second kappa shape index (κ2) is 3.88. The third-order valence-corrected chi connectivity index (χ3v) is 3.35. The van der Waals surface area contributed by atoms with Crippen molar-refractivity contribution in [3.05, 3.63) is 28.8 Å². The van der Waals surface area contributed by atoms with Crippen molar-refractivity contribution in [2.24, 2.45) is 0 Å². The molecule has 6 heteroatoms. The Morgan fingerprint density at radius 2 is 1.93 bits per heavy atom. The van der Waals surface area contributed by atoms with Gasteiger partial charge in [0.2, 0.25) is 0 Å². The van der Waals surface area contributed by atoms with Gasteiger partial charge in [0, 0.05) is 11.8 Å². The molecule has 14 heavy (non-hydrogen) atoms. The zero-order chi connectivity index (χ0) is 10.9. The molecule has 3 nitrogen and oxygen atoms in total. The summed E-state index contributed by atoms with van der Waals surface area (Å²) in [6, 6.07) is 3.85. The Bertz CT molecular complexity index is 479. The minimum atomic E-state index is -3.43. The second-order valence-electron chi connectivity index (χ2n) is 2.69. The number of hydrogen-bond donors (Lipinski definition) is 0. The van der Waals surface area contributed by atoms with Crippen LogP contribution in [0.3, 0.4) is 0 Å². The highest BCUT2D eigenvalue weighted by atomic mass is 35.5. The summed E-state index contributed by atoms with van der Waals surface area (Å²) in [6.07, 6.45) is 1.01. The van der Waals surface area contributed by atoms with Crippen LogP contribution < -0.4 is 0 Å². The van der Waals surface area contributed by atoms with E-state index < -0.39 is 15.1 Å². The van der Waals surface area contributed by atoms with E-state index >= 15 is 0 Å². The summed E-state index contributed by atoms with van der Waals surface area (Å²) in [6.45, 7) is 0. The maximum absolute atomic E-state index is 11.2. The Balaban J connectivity index is 3.44. The van der Waals surface area contributed by atoms with Gasteiger partial charge in [-0.2, -0.15) is 0 Å². The highest BCUT2D eigenvalue weighted by Crippen LogP contribution is 2.23. The Kier molecular flexibility index (Phi) is 3.19. The van der Waals surface area contributed by atoms with E-state index in [1.165, 1.54) is 12.1 Å². The van der Waals surface area contributed by atoms with Crippen LogP contribution >= 0.6 is 23.2 Å². The van der Waals surface area contributed by atoms with Gasteiger partial charge < -0.3 is 0 Å². The highest BCUT2D eigenvalue weighted by Gasteiger charge is 2.14. The van der Waals surface area contributed by atoms with Crippen molar-refractivity contribution in [3.63, 3.8) is 0 Å². The van der Waals surface area contributed by atoms with E-state index in [2.05, 4.69) is 0 Å². The summed E-state index contributed by atoms with van der Waals surface area (Å²) in [5.41, 5.74) is 0.108. The molecule has 0 amide bonds. The maximum Gasteiger partial charge on any atom is 0.252 e. The molecule has 0 saturated carbocycles. The van der Waals surface area contributed by atoms with E-state index in [1.54, 1.807) is 0 Å². The van der Waals surface area contributed by atoms with Crippen molar-refractivity contribution in [2.45, 2.75) is 4.90 Å². The monoisotopic (exact) mass is 252 g/mol. The van der Waals surface area contributed by atoms with Gasteiger partial charge in [-0.3, -0.25) is 4.79 Å². The molecule has 0 atom stereocenters. The average molecular weight is 253 g/mol. The Hall–Kier alpha value is -0.580. The summed E-state index contributed by atoms with van der Waals surface area (Å²) in [4.78, 5) is 10.7. The van der Waals surface area contributed by atoms with Crippen LogP contribution in [0.15, 0.2) is 23.1 Å². The SMILES string of the molecule is CS(=O)(=O)c1cc(C(=O)Cl)ccc1Cl. The number of carbonyl (C=O) groups is 1. The molecule has 0 heterocycles. The van der Waals surface area contributed by atoms with Crippen molar-refractivity contribution >= 4 is 38.3 Å². The van der Waals surface area contributed by atoms with Crippen molar-refractivity contribution in [1.82, 2.24) is 0 Å². The van der Waals surface area contributed by atoms with E-state index in [4.69, 9.17) is 23.2 Å². The van der Waals surface area contributed by atoms with Crippen LogP contribution in [-0.2, 0) is 9.84 Å².